The van der Waals surface area contributed by atoms with Crippen molar-refractivity contribution in [3.63, 3.8) is 0 Å². The number of carbonyl (C=O) groups excluding carboxylic acids is 2. The van der Waals surface area contributed by atoms with Gasteiger partial charge in [0.25, 0.3) is 0 Å². The van der Waals surface area contributed by atoms with Gasteiger partial charge < -0.3 is 10.1 Å². The van der Waals surface area contributed by atoms with Gasteiger partial charge in [0, 0.05) is 13.0 Å². The fourth-order valence-electron chi connectivity index (χ4n) is 3.76. The molecule has 2 amide bonds. The molecule has 0 aromatic carbocycles. The second-order valence-corrected chi connectivity index (χ2v) is 8.75. The second-order valence-electron chi connectivity index (χ2n) is 8.75. The van der Waals surface area contributed by atoms with Gasteiger partial charge in [-0.05, 0) is 43.4 Å². The molecule has 2 rings (SSSR count). The van der Waals surface area contributed by atoms with Gasteiger partial charge >= 0.3 is 0 Å². The van der Waals surface area contributed by atoms with Crippen molar-refractivity contribution in [1.29, 1.82) is 0 Å². The van der Waals surface area contributed by atoms with Gasteiger partial charge in [-0.15, -0.1) is 0 Å². The fourth-order valence-corrected chi connectivity index (χ4v) is 3.76. The molecule has 2 aliphatic rings. The standard InChI is InChI=1S/C19H34N2O3/c1-6-11-20-17(23)15-13-24-19(9-7-14(2)8-10-19)21(15)16(22)12-18(3,4)5/h14-15H,6-13H2,1-5H3,(H,20,23)/t14?,15-,19?/m1/s1. The first-order chi connectivity index (χ1) is 11.2. The SMILES string of the molecule is CCCNC(=O)[C@H]1COC2(CCC(C)CC2)N1C(=O)CC(C)(C)C. The number of hydrogen-bond acceptors (Lipinski definition) is 3. The maximum atomic E-state index is 13.1. The van der Waals surface area contributed by atoms with E-state index in [0.717, 1.165) is 32.1 Å². The molecule has 0 aromatic heterocycles. The zero-order valence-corrected chi connectivity index (χ0v) is 16.0. The van der Waals surface area contributed by atoms with E-state index in [0.29, 0.717) is 25.5 Å². The van der Waals surface area contributed by atoms with Crippen LogP contribution < -0.4 is 5.32 Å². The van der Waals surface area contributed by atoms with Crippen LogP contribution in [0.1, 0.15) is 73.1 Å². The van der Waals surface area contributed by atoms with Gasteiger partial charge in [-0.1, -0.05) is 34.6 Å². The maximum Gasteiger partial charge on any atom is 0.245 e. The molecule has 0 radical (unpaired) electrons. The molecule has 1 saturated carbocycles. The van der Waals surface area contributed by atoms with Gasteiger partial charge in [0.1, 0.15) is 11.8 Å². The molecule has 1 N–H and O–H groups in total. The van der Waals surface area contributed by atoms with Crippen LogP contribution in [-0.4, -0.2) is 41.6 Å². The topological polar surface area (TPSA) is 58.6 Å². The van der Waals surface area contributed by atoms with Crippen LogP contribution in [0.3, 0.4) is 0 Å². The predicted octanol–water partition coefficient (Wildman–Crippen LogP) is 3.08. The molecule has 1 aliphatic heterocycles. The number of rotatable bonds is 4. The van der Waals surface area contributed by atoms with Crippen LogP contribution in [0.15, 0.2) is 0 Å². The van der Waals surface area contributed by atoms with Crippen LogP contribution in [0, 0.1) is 11.3 Å². The van der Waals surface area contributed by atoms with Crippen LogP contribution in [0.2, 0.25) is 0 Å². The lowest BCUT2D eigenvalue weighted by Crippen LogP contribution is -2.57. The first-order valence-electron chi connectivity index (χ1n) is 9.42. The lowest BCUT2D eigenvalue weighted by molar-refractivity contribution is -0.163. The van der Waals surface area contributed by atoms with E-state index in [-0.39, 0.29) is 17.2 Å². The Hall–Kier alpha value is -1.10. The molecule has 2 fully saturated rings. The van der Waals surface area contributed by atoms with Crippen LogP contribution in [0.25, 0.3) is 0 Å². The van der Waals surface area contributed by atoms with Crippen molar-refractivity contribution < 1.29 is 14.3 Å². The van der Waals surface area contributed by atoms with Gasteiger partial charge in [0.2, 0.25) is 11.8 Å². The highest BCUT2D eigenvalue weighted by molar-refractivity contribution is 5.89. The summed E-state index contributed by atoms with van der Waals surface area (Å²) < 4.78 is 6.14. The van der Waals surface area contributed by atoms with Gasteiger partial charge in [-0.25, -0.2) is 0 Å². The normalized spacial score (nSPS) is 30.6. The number of nitrogens with zero attached hydrogens (tertiary/aromatic N) is 1. The van der Waals surface area contributed by atoms with Crippen molar-refractivity contribution >= 4 is 11.8 Å². The average Bonchev–Trinajstić information content (AvgIpc) is 2.86. The number of amides is 2. The number of carbonyl (C=O) groups is 2. The van der Waals surface area contributed by atoms with Crippen molar-refractivity contribution in [2.24, 2.45) is 11.3 Å². The highest BCUT2D eigenvalue weighted by Gasteiger charge is 2.53. The maximum absolute atomic E-state index is 13.1. The van der Waals surface area contributed by atoms with Crippen molar-refractivity contribution in [3.05, 3.63) is 0 Å². The highest BCUT2D eigenvalue weighted by Crippen LogP contribution is 2.43. The molecule has 1 aliphatic carbocycles. The van der Waals surface area contributed by atoms with E-state index in [1.54, 1.807) is 4.90 Å². The summed E-state index contributed by atoms with van der Waals surface area (Å²) in [6.45, 7) is 11.4. The number of nitrogens with one attached hydrogen (secondary N) is 1. The van der Waals surface area contributed by atoms with Crippen molar-refractivity contribution in [1.82, 2.24) is 10.2 Å². The first-order valence-corrected chi connectivity index (χ1v) is 9.42. The van der Waals surface area contributed by atoms with Crippen molar-refractivity contribution in [3.8, 4) is 0 Å². The summed E-state index contributed by atoms with van der Waals surface area (Å²) in [4.78, 5) is 27.5. The third-order valence-electron chi connectivity index (χ3n) is 5.12. The van der Waals surface area contributed by atoms with Gasteiger partial charge in [-0.3, -0.25) is 14.5 Å². The molecule has 0 unspecified atom stereocenters. The summed E-state index contributed by atoms with van der Waals surface area (Å²) in [7, 11) is 0. The van der Waals surface area contributed by atoms with E-state index in [2.05, 4.69) is 33.0 Å². The smallest absolute Gasteiger partial charge is 0.245 e. The molecule has 24 heavy (non-hydrogen) atoms. The van der Waals surface area contributed by atoms with E-state index >= 15 is 0 Å². The Labute approximate surface area is 146 Å². The predicted molar refractivity (Wildman–Crippen MR) is 94.3 cm³/mol. The zero-order chi connectivity index (χ0) is 18.0. The Morgan fingerprint density at radius 3 is 2.42 bits per heavy atom. The molecule has 1 saturated heterocycles. The Morgan fingerprint density at radius 1 is 1.25 bits per heavy atom. The summed E-state index contributed by atoms with van der Waals surface area (Å²) >= 11 is 0. The van der Waals surface area contributed by atoms with Crippen LogP contribution >= 0.6 is 0 Å². The molecular weight excluding hydrogens is 304 g/mol. The minimum absolute atomic E-state index is 0.0474. The van der Waals surface area contributed by atoms with E-state index < -0.39 is 11.8 Å². The summed E-state index contributed by atoms with van der Waals surface area (Å²) in [5, 5.41) is 2.94. The lowest BCUT2D eigenvalue weighted by atomic mass is 9.82. The third-order valence-corrected chi connectivity index (χ3v) is 5.12. The molecular formula is C19H34N2O3. The summed E-state index contributed by atoms with van der Waals surface area (Å²) in [6, 6.07) is -0.486. The molecule has 5 heteroatoms. The average molecular weight is 338 g/mol. The largest absolute Gasteiger partial charge is 0.354 e. The van der Waals surface area contributed by atoms with Gasteiger partial charge in [0.15, 0.2) is 0 Å². The Balaban J connectivity index is 2.22. The summed E-state index contributed by atoms with van der Waals surface area (Å²) in [6.07, 6.45) is 5.08. The van der Waals surface area contributed by atoms with Gasteiger partial charge in [-0.2, -0.15) is 0 Å². The second kappa shape index (κ2) is 7.42. The molecule has 1 spiro atoms. The Bertz CT molecular complexity index is 462. The number of ether oxygens (including phenoxy) is 1. The van der Waals surface area contributed by atoms with Crippen LogP contribution in [0.4, 0.5) is 0 Å². The summed E-state index contributed by atoms with van der Waals surface area (Å²) in [5.41, 5.74) is -0.670. The molecule has 0 aromatic rings. The molecule has 1 atom stereocenters. The number of hydrogen-bond donors (Lipinski definition) is 1. The van der Waals surface area contributed by atoms with Crippen molar-refractivity contribution in [2.75, 3.05) is 13.2 Å². The quantitative estimate of drug-likeness (QED) is 0.857. The molecule has 1 heterocycles. The monoisotopic (exact) mass is 338 g/mol. The minimum Gasteiger partial charge on any atom is -0.354 e. The molecule has 138 valence electrons. The highest BCUT2D eigenvalue weighted by atomic mass is 16.5. The van der Waals surface area contributed by atoms with E-state index in [1.165, 1.54) is 0 Å². The minimum atomic E-state index is -0.566. The zero-order valence-electron chi connectivity index (χ0n) is 16.0. The van der Waals surface area contributed by atoms with Crippen LogP contribution in [0.5, 0.6) is 0 Å². The Kier molecular flexibility index (Phi) is 5.95. The summed E-state index contributed by atoms with van der Waals surface area (Å²) in [5.74, 6) is 0.632. The first kappa shape index (κ1) is 19.2. The Morgan fingerprint density at radius 2 is 1.88 bits per heavy atom. The molecule has 5 nitrogen and oxygen atoms in total. The third kappa shape index (κ3) is 4.29. The van der Waals surface area contributed by atoms with E-state index in [4.69, 9.17) is 4.74 Å². The fraction of sp³-hybridized carbons (Fsp3) is 0.895. The van der Waals surface area contributed by atoms with E-state index in [1.807, 2.05) is 6.92 Å². The molecule has 0 bridgehead atoms. The van der Waals surface area contributed by atoms with Crippen LogP contribution in [-0.2, 0) is 14.3 Å². The lowest BCUT2D eigenvalue weighted by Gasteiger charge is -2.43. The van der Waals surface area contributed by atoms with Gasteiger partial charge in [0.05, 0.1) is 6.61 Å². The van der Waals surface area contributed by atoms with E-state index in [9.17, 15) is 9.59 Å². The van der Waals surface area contributed by atoms with Crippen molar-refractivity contribution in [2.45, 2.75) is 84.9 Å².